The van der Waals surface area contributed by atoms with Crippen molar-refractivity contribution in [3.8, 4) is 11.8 Å². The Bertz CT molecular complexity index is 507. The van der Waals surface area contributed by atoms with Crippen molar-refractivity contribution in [2.45, 2.75) is 45.8 Å². The zero-order valence-corrected chi connectivity index (χ0v) is 12.7. The van der Waals surface area contributed by atoms with Crippen LogP contribution >= 0.6 is 11.6 Å². The number of nitrogens with zero attached hydrogens (tertiary/aromatic N) is 1. The molecule has 1 unspecified atom stereocenters. The van der Waals surface area contributed by atoms with Gasteiger partial charge in [0.05, 0.1) is 5.02 Å². The van der Waals surface area contributed by atoms with Crippen molar-refractivity contribution in [1.82, 2.24) is 5.32 Å². The van der Waals surface area contributed by atoms with Crippen LogP contribution in [0.5, 0.6) is 5.75 Å². The Hall–Kier alpha value is -1.73. The first-order chi connectivity index (χ1) is 9.53. The predicted octanol–water partition coefficient (Wildman–Crippen LogP) is 3.28. The topological polar surface area (TPSA) is 62.1 Å². The predicted molar refractivity (Wildman–Crippen MR) is 78.8 cm³/mol. The molecule has 1 rings (SSSR count). The molecule has 0 saturated carbocycles. The third-order valence-electron chi connectivity index (χ3n) is 3.09. The Kier molecular flexibility index (Phi) is 6.33. The van der Waals surface area contributed by atoms with Gasteiger partial charge in [-0.05, 0) is 31.9 Å². The van der Waals surface area contributed by atoms with Crippen LogP contribution in [0.2, 0.25) is 5.02 Å². The maximum Gasteiger partial charge on any atom is 0.260 e. The molecule has 20 heavy (non-hydrogen) atoms. The first-order valence-corrected chi connectivity index (χ1v) is 7.06. The van der Waals surface area contributed by atoms with E-state index in [1.165, 1.54) is 0 Å². The first kappa shape index (κ1) is 16.3. The number of nitrogens with one attached hydrogen (secondary N) is 1. The van der Waals surface area contributed by atoms with E-state index < -0.39 is 6.10 Å². The molecule has 0 saturated heterocycles. The Balaban J connectivity index is 2.76. The molecule has 5 heteroatoms. The van der Waals surface area contributed by atoms with E-state index in [0.717, 1.165) is 12.8 Å². The summed E-state index contributed by atoms with van der Waals surface area (Å²) in [4.78, 5) is 12.0. The average Bonchev–Trinajstić information content (AvgIpc) is 2.44. The summed E-state index contributed by atoms with van der Waals surface area (Å²) in [5, 5.41) is 12.3. The fourth-order valence-corrected chi connectivity index (χ4v) is 1.97. The highest BCUT2D eigenvalue weighted by Gasteiger charge is 2.19. The highest BCUT2D eigenvalue weighted by atomic mass is 35.5. The Morgan fingerprint density at radius 1 is 1.45 bits per heavy atom. The SMILES string of the molecule is CCC(CC)NC(=O)C(C)Oc1cccc(Cl)c1C#N. The molecule has 0 aromatic heterocycles. The van der Waals surface area contributed by atoms with E-state index in [-0.39, 0.29) is 17.5 Å². The quantitative estimate of drug-likeness (QED) is 0.876. The maximum atomic E-state index is 12.0. The van der Waals surface area contributed by atoms with Gasteiger partial charge in [0.2, 0.25) is 0 Å². The minimum absolute atomic E-state index is 0.142. The summed E-state index contributed by atoms with van der Waals surface area (Å²) in [5.74, 6) is 0.134. The Morgan fingerprint density at radius 3 is 2.65 bits per heavy atom. The molecular formula is C15H19ClN2O2. The van der Waals surface area contributed by atoms with E-state index >= 15 is 0 Å². The minimum atomic E-state index is -0.679. The van der Waals surface area contributed by atoms with Gasteiger partial charge in [-0.2, -0.15) is 5.26 Å². The second kappa shape index (κ2) is 7.76. The third kappa shape index (κ3) is 4.14. The molecule has 1 aromatic carbocycles. The smallest absolute Gasteiger partial charge is 0.260 e. The Labute approximate surface area is 124 Å². The van der Waals surface area contributed by atoms with Crippen molar-refractivity contribution in [2.24, 2.45) is 0 Å². The standard InChI is InChI=1S/C15H19ClN2O2/c1-4-11(5-2)18-15(19)10(3)20-14-8-6-7-13(16)12(14)9-17/h6-8,10-11H,4-5H2,1-3H3,(H,18,19). The monoisotopic (exact) mass is 294 g/mol. The van der Waals surface area contributed by atoms with Crippen molar-refractivity contribution in [3.05, 3.63) is 28.8 Å². The summed E-state index contributed by atoms with van der Waals surface area (Å²) in [6.45, 7) is 5.69. The molecular weight excluding hydrogens is 276 g/mol. The fraction of sp³-hybridized carbons (Fsp3) is 0.467. The summed E-state index contributed by atoms with van der Waals surface area (Å²) < 4.78 is 5.55. The highest BCUT2D eigenvalue weighted by molar-refractivity contribution is 6.31. The van der Waals surface area contributed by atoms with Gasteiger partial charge < -0.3 is 10.1 Å². The van der Waals surface area contributed by atoms with Crippen LogP contribution in [-0.2, 0) is 4.79 Å². The van der Waals surface area contributed by atoms with E-state index in [9.17, 15) is 4.79 Å². The second-order valence-electron chi connectivity index (χ2n) is 4.51. The molecule has 0 aliphatic heterocycles. The van der Waals surface area contributed by atoms with Crippen LogP contribution in [0.1, 0.15) is 39.2 Å². The molecule has 0 radical (unpaired) electrons. The molecule has 1 atom stereocenters. The van der Waals surface area contributed by atoms with Crippen LogP contribution in [0.3, 0.4) is 0 Å². The van der Waals surface area contributed by atoms with Gasteiger partial charge >= 0.3 is 0 Å². The van der Waals surface area contributed by atoms with Crippen molar-refractivity contribution in [1.29, 1.82) is 5.26 Å². The molecule has 0 fully saturated rings. The van der Waals surface area contributed by atoms with Crippen molar-refractivity contribution in [3.63, 3.8) is 0 Å². The summed E-state index contributed by atoms with van der Waals surface area (Å²) >= 11 is 5.92. The molecule has 0 aliphatic rings. The molecule has 0 spiro atoms. The van der Waals surface area contributed by atoms with Crippen molar-refractivity contribution < 1.29 is 9.53 Å². The lowest BCUT2D eigenvalue weighted by Gasteiger charge is -2.20. The van der Waals surface area contributed by atoms with Crippen molar-refractivity contribution >= 4 is 17.5 Å². The number of carbonyl (C=O) groups is 1. The van der Waals surface area contributed by atoms with E-state index in [4.69, 9.17) is 21.6 Å². The zero-order valence-electron chi connectivity index (χ0n) is 11.9. The largest absolute Gasteiger partial charge is 0.479 e. The number of nitriles is 1. The summed E-state index contributed by atoms with van der Waals surface area (Å²) in [6, 6.07) is 7.05. The van der Waals surface area contributed by atoms with Crippen LogP contribution < -0.4 is 10.1 Å². The van der Waals surface area contributed by atoms with Gasteiger partial charge in [-0.25, -0.2) is 0 Å². The molecule has 0 aliphatic carbocycles. The van der Waals surface area contributed by atoms with Gasteiger partial charge in [0.1, 0.15) is 17.4 Å². The zero-order chi connectivity index (χ0) is 15.1. The van der Waals surface area contributed by atoms with Gasteiger partial charge in [0.25, 0.3) is 5.91 Å². The molecule has 0 bridgehead atoms. The van der Waals surface area contributed by atoms with Gasteiger partial charge in [-0.1, -0.05) is 31.5 Å². The first-order valence-electron chi connectivity index (χ1n) is 6.69. The number of ether oxygens (including phenoxy) is 1. The second-order valence-corrected chi connectivity index (χ2v) is 4.91. The molecule has 0 heterocycles. The molecule has 4 nitrogen and oxygen atoms in total. The number of benzene rings is 1. The lowest BCUT2D eigenvalue weighted by Crippen LogP contribution is -2.42. The average molecular weight is 295 g/mol. The van der Waals surface area contributed by atoms with Gasteiger partial charge in [-0.3, -0.25) is 4.79 Å². The van der Waals surface area contributed by atoms with Crippen LogP contribution in [0.15, 0.2) is 18.2 Å². The number of hydrogen-bond acceptors (Lipinski definition) is 3. The van der Waals surface area contributed by atoms with E-state index in [2.05, 4.69) is 5.32 Å². The number of hydrogen-bond donors (Lipinski definition) is 1. The molecule has 1 amide bonds. The summed E-state index contributed by atoms with van der Waals surface area (Å²) in [5.41, 5.74) is 0.247. The number of halogens is 1. The van der Waals surface area contributed by atoms with Crippen LogP contribution in [0.4, 0.5) is 0 Å². The van der Waals surface area contributed by atoms with Crippen LogP contribution in [-0.4, -0.2) is 18.1 Å². The van der Waals surface area contributed by atoms with Gasteiger partial charge in [0, 0.05) is 6.04 Å². The van der Waals surface area contributed by atoms with Crippen LogP contribution in [0.25, 0.3) is 0 Å². The number of amides is 1. The maximum absolute atomic E-state index is 12.0. The van der Waals surface area contributed by atoms with Gasteiger partial charge in [-0.15, -0.1) is 0 Å². The summed E-state index contributed by atoms with van der Waals surface area (Å²) in [7, 11) is 0. The van der Waals surface area contributed by atoms with Crippen LogP contribution in [0, 0.1) is 11.3 Å². The lowest BCUT2D eigenvalue weighted by atomic mass is 10.1. The third-order valence-corrected chi connectivity index (χ3v) is 3.41. The fourth-order valence-electron chi connectivity index (χ4n) is 1.77. The minimum Gasteiger partial charge on any atom is -0.479 e. The Morgan fingerprint density at radius 2 is 2.10 bits per heavy atom. The number of carbonyl (C=O) groups excluding carboxylic acids is 1. The summed E-state index contributed by atoms with van der Waals surface area (Å²) in [6.07, 6.45) is 1.06. The van der Waals surface area contributed by atoms with E-state index in [1.54, 1.807) is 25.1 Å². The molecule has 1 aromatic rings. The highest BCUT2D eigenvalue weighted by Crippen LogP contribution is 2.26. The normalized spacial score (nSPS) is 11.8. The van der Waals surface area contributed by atoms with E-state index in [0.29, 0.717) is 10.8 Å². The van der Waals surface area contributed by atoms with E-state index in [1.807, 2.05) is 19.9 Å². The van der Waals surface area contributed by atoms with Gasteiger partial charge in [0.15, 0.2) is 6.10 Å². The molecule has 108 valence electrons. The number of rotatable bonds is 6. The lowest BCUT2D eigenvalue weighted by molar-refractivity contribution is -0.128. The van der Waals surface area contributed by atoms with Crippen molar-refractivity contribution in [2.75, 3.05) is 0 Å². The molecule has 1 N–H and O–H groups in total.